The Balaban J connectivity index is 1.98. The number of thiophene rings is 1. The molecule has 0 amide bonds. The van der Waals surface area contributed by atoms with Crippen LogP contribution in [0.25, 0.3) is 22.2 Å². The fraction of sp³-hybridized carbons (Fsp3) is 0.0769. The van der Waals surface area contributed by atoms with Gasteiger partial charge in [0, 0.05) is 21.6 Å². The number of anilines is 1. The first kappa shape index (κ1) is 13.1. The average Bonchev–Trinajstić information content (AvgIpc) is 3.07. The molecule has 0 spiro atoms. The number of benzene rings is 1. The Kier molecular flexibility index (Phi) is 3.45. The molecule has 0 aliphatic carbocycles. The van der Waals surface area contributed by atoms with E-state index >= 15 is 0 Å². The van der Waals surface area contributed by atoms with Gasteiger partial charge < -0.3 is 15.0 Å². The zero-order valence-electron chi connectivity index (χ0n) is 10.5. The van der Waals surface area contributed by atoms with Gasteiger partial charge in [-0.2, -0.15) is 4.98 Å². The molecule has 102 valence electrons. The second-order valence-corrected chi connectivity index (χ2v) is 5.83. The van der Waals surface area contributed by atoms with Gasteiger partial charge >= 0.3 is 0 Å². The van der Waals surface area contributed by atoms with E-state index in [-0.39, 0.29) is 0 Å². The Hall–Kier alpha value is -1.86. The standard InChI is InChI=1S/C13H10BrN3O2S/c1-18-8-2-3-9(10(15)5-8)13-16-12(17-19-13)11-4-7(14)6-20-11/h2-6H,15H2,1H3. The van der Waals surface area contributed by atoms with Crippen LogP contribution in [0.1, 0.15) is 0 Å². The number of rotatable bonds is 3. The number of hydrogen-bond acceptors (Lipinski definition) is 6. The fourth-order valence-corrected chi connectivity index (χ4v) is 3.08. The molecule has 5 nitrogen and oxygen atoms in total. The zero-order chi connectivity index (χ0) is 14.1. The minimum absolute atomic E-state index is 0.393. The van der Waals surface area contributed by atoms with Crippen molar-refractivity contribution in [3.63, 3.8) is 0 Å². The van der Waals surface area contributed by atoms with Crippen molar-refractivity contribution >= 4 is 33.0 Å². The summed E-state index contributed by atoms with van der Waals surface area (Å²) in [5.74, 6) is 1.63. The van der Waals surface area contributed by atoms with Gasteiger partial charge in [0.1, 0.15) is 5.75 Å². The Morgan fingerprint density at radius 2 is 2.20 bits per heavy atom. The van der Waals surface area contributed by atoms with Crippen LogP contribution in [0.3, 0.4) is 0 Å². The van der Waals surface area contributed by atoms with Gasteiger partial charge in [0.25, 0.3) is 5.89 Å². The summed E-state index contributed by atoms with van der Waals surface area (Å²) in [4.78, 5) is 5.30. The molecule has 2 N–H and O–H groups in total. The van der Waals surface area contributed by atoms with E-state index in [1.54, 1.807) is 25.3 Å². The summed E-state index contributed by atoms with van der Waals surface area (Å²) in [6.45, 7) is 0. The van der Waals surface area contributed by atoms with Crippen LogP contribution in [-0.2, 0) is 0 Å². The summed E-state index contributed by atoms with van der Waals surface area (Å²) in [7, 11) is 1.59. The van der Waals surface area contributed by atoms with Gasteiger partial charge in [0.05, 0.1) is 17.6 Å². The first-order chi connectivity index (χ1) is 9.67. The first-order valence-electron chi connectivity index (χ1n) is 5.69. The summed E-state index contributed by atoms with van der Waals surface area (Å²) in [6.07, 6.45) is 0. The number of halogens is 1. The Morgan fingerprint density at radius 3 is 2.85 bits per heavy atom. The van der Waals surface area contributed by atoms with E-state index in [0.29, 0.717) is 28.7 Å². The van der Waals surface area contributed by atoms with Crippen LogP contribution in [-0.4, -0.2) is 17.3 Å². The lowest BCUT2D eigenvalue weighted by molar-refractivity contribution is 0.414. The average molecular weight is 352 g/mol. The third-order valence-corrected chi connectivity index (χ3v) is 4.39. The van der Waals surface area contributed by atoms with Gasteiger partial charge in [-0.3, -0.25) is 0 Å². The fourth-order valence-electron chi connectivity index (χ4n) is 1.73. The van der Waals surface area contributed by atoms with Crippen LogP contribution in [0, 0.1) is 0 Å². The van der Waals surface area contributed by atoms with Crippen molar-refractivity contribution in [3.8, 4) is 27.9 Å². The number of nitrogens with two attached hydrogens (primary N) is 1. The van der Waals surface area contributed by atoms with Crippen LogP contribution >= 0.6 is 27.3 Å². The maximum absolute atomic E-state index is 5.97. The highest BCUT2D eigenvalue weighted by Crippen LogP contribution is 2.32. The third-order valence-electron chi connectivity index (χ3n) is 2.70. The minimum Gasteiger partial charge on any atom is -0.497 e. The third kappa shape index (κ3) is 2.41. The van der Waals surface area contributed by atoms with Crippen LogP contribution in [0.5, 0.6) is 5.75 Å². The summed E-state index contributed by atoms with van der Waals surface area (Å²) < 4.78 is 11.4. The molecule has 0 radical (unpaired) electrons. The highest BCUT2D eigenvalue weighted by molar-refractivity contribution is 9.10. The molecule has 0 aliphatic rings. The molecule has 3 aromatic rings. The topological polar surface area (TPSA) is 74.2 Å². The van der Waals surface area contributed by atoms with Crippen LogP contribution in [0.15, 0.2) is 38.6 Å². The Labute approximate surface area is 127 Å². The lowest BCUT2D eigenvalue weighted by atomic mass is 10.1. The van der Waals surface area contributed by atoms with Gasteiger partial charge in [-0.25, -0.2) is 0 Å². The molecule has 0 atom stereocenters. The van der Waals surface area contributed by atoms with Crippen LogP contribution in [0.2, 0.25) is 0 Å². The lowest BCUT2D eigenvalue weighted by Crippen LogP contribution is -1.92. The second-order valence-electron chi connectivity index (χ2n) is 4.01. The van der Waals surface area contributed by atoms with Crippen molar-refractivity contribution < 1.29 is 9.26 Å². The summed E-state index contributed by atoms with van der Waals surface area (Å²) in [5, 5.41) is 5.94. The zero-order valence-corrected chi connectivity index (χ0v) is 12.9. The van der Waals surface area contributed by atoms with Crippen molar-refractivity contribution in [2.24, 2.45) is 0 Å². The lowest BCUT2D eigenvalue weighted by Gasteiger charge is -2.03. The SMILES string of the molecule is COc1ccc(-c2nc(-c3cc(Br)cs3)no2)c(N)c1. The van der Waals surface area contributed by atoms with Gasteiger partial charge in [-0.05, 0) is 34.1 Å². The smallest absolute Gasteiger partial charge is 0.260 e. The quantitative estimate of drug-likeness (QED) is 0.726. The van der Waals surface area contributed by atoms with Gasteiger partial charge in [-0.1, -0.05) is 5.16 Å². The monoisotopic (exact) mass is 351 g/mol. The predicted octanol–water partition coefficient (Wildman–Crippen LogP) is 3.82. The van der Waals surface area contributed by atoms with Crippen molar-refractivity contribution in [2.45, 2.75) is 0 Å². The Bertz CT molecular complexity index is 754. The van der Waals surface area contributed by atoms with E-state index in [4.69, 9.17) is 15.0 Å². The molecule has 0 saturated heterocycles. The normalized spacial score (nSPS) is 10.7. The minimum atomic E-state index is 0.393. The van der Waals surface area contributed by atoms with E-state index in [1.165, 1.54) is 11.3 Å². The summed E-state index contributed by atoms with van der Waals surface area (Å²) in [5.41, 5.74) is 7.20. The molecule has 7 heteroatoms. The highest BCUT2D eigenvalue weighted by Gasteiger charge is 2.14. The molecule has 1 aromatic carbocycles. The van der Waals surface area contributed by atoms with Crippen molar-refractivity contribution in [3.05, 3.63) is 34.1 Å². The van der Waals surface area contributed by atoms with Gasteiger partial charge in [0.2, 0.25) is 5.82 Å². The number of nitrogens with zero attached hydrogens (tertiary/aromatic N) is 2. The largest absolute Gasteiger partial charge is 0.497 e. The predicted molar refractivity (Wildman–Crippen MR) is 81.7 cm³/mol. The van der Waals surface area contributed by atoms with E-state index in [0.717, 1.165) is 9.35 Å². The van der Waals surface area contributed by atoms with E-state index in [2.05, 4.69) is 26.1 Å². The number of methoxy groups -OCH3 is 1. The molecule has 0 bridgehead atoms. The van der Waals surface area contributed by atoms with Crippen molar-refractivity contribution in [1.29, 1.82) is 0 Å². The number of aromatic nitrogens is 2. The van der Waals surface area contributed by atoms with Crippen molar-refractivity contribution in [2.75, 3.05) is 12.8 Å². The van der Waals surface area contributed by atoms with Crippen molar-refractivity contribution in [1.82, 2.24) is 10.1 Å². The molecule has 3 rings (SSSR count). The molecule has 20 heavy (non-hydrogen) atoms. The number of nitrogen functional groups attached to an aromatic ring is 1. The molecule has 0 fully saturated rings. The van der Waals surface area contributed by atoms with Gasteiger partial charge in [0.15, 0.2) is 0 Å². The summed E-state index contributed by atoms with van der Waals surface area (Å²) in [6, 6.07) is 7.27. The maximum atomic E-state index is 5.97. The van der Waals surface area contributed by atoms with Gasteiger partial charge in [-0.15, -0.1) is 11.3 Å². The molecule has 2 aromatic heterocycles. The molecule has 2 heterocycles. The van der Waals surface area contributed by atoms with E-state index in [1.807, 2.05) is 11.4 Å². The number of hydrogen-bond donors (Lipinski definition) is 1. The van der Waals surface area contributed by atoms with Crippen LogP contribution in [0.4, 0.5) is 5.69 Å². The molecule has 0 unspecified atom stereocenters. The molecular formula is C13H10BrN3O2S. The molecule has 0 saturated carbocycles. The van der Waals surface area contributed by atoms with E-state index < -0.39 is 0 Å². The maximum Gasteiger partial charge on any atom is 0.260 e. The van der Waals surface area contributed by atoms with Crippen LogP contribution < -0.4 is 10.5 Å². The number of ether oxygens (including phenoxy) is 1. The second kappa shape index (κ2) is 5.26. The molecule has 0 aliphatic heterocycles. The molecular weight excluding hydrogens is 342 g/mol. The highest BCUT2D eigenvalue weighted by atomic mass is 79.9. The summed E-state index contributed by atoms with van der Waals surface area (Å²) >= 11 is 4.94. The van der Waals surface area contributed by atoms with E-state index in [9.17, 15) is 0 Å². The first-order valence-corrected chi connectivity index (χ1v) is 7.36. The Morgan fingerprint density at radius 1 is 1.35 bits per heavy atom.